The minimum Gasteiger partial charge on any atom is -0.371 e. The zero-order valence-corrected chi connectivity index (χ0v) is 21.5. The average Bonchev–Trinajstić information content (AvgIpc) is 3.44. The molecule has 0 bridgehead atoms. The number of aliphatic hydroxyl groups excluding tert-OH is 1. The van der Waals surface area contributed by atoms with E-state index in [1.165, 1.54) is 18.7 Å². The zero-order valence-electron chi connectivity index (χ0n) is 20.7. The smallest absolute Gasteiger partial charge is 0.243 e. The SMILES string of the molecule is CC(=O)NCSC(C)(C)CC(=O)NC1CCc2cccc3c2N(C(C(=O)NCc2cn[nH]n2)C3)C1O. The van der Waals surface area contributed by atoms with E-state index in [1.54, 1.807) is 11.1 Å². The van der Waals surface area contributed by atoms with Gasteiger partial charge in [-0.2, -0.15) is 15.4 Å². The summed E-state index contributed by atoms with van der Waals surface area (Å²) < 4.78 is -0.407. The van der Waals surface area contributed by atoms with Crippen molar-refractivity contribution in [2.24, 2.45) is 0 Å². The zero-order chi connectivity index (χ0) is 25.9. The van der Waals surface area contributed by atoms with Gasteiger partial charge in [-0.15, -0.1) is 11.8 Å². The van der Waals surface area contributed by atoms with Gasteiger partial charge < -0.3 is 26.0 Å². The molecule has 0 spiro atoms. The number of para-hydroxylation sites is 1. The Hall–Kier alpha value is -3.12. The monoisotopic (exact) mass is 515 g/mol. The molecule has 0 fully saturated rings. The van der Waals surface area contributed by atoms with Crippen LogP contribution in [0, 0.1) is 0 Å². The molecule has 0 saturated heterocycles. The average molecular weight is 516 g/mol. The Bertz CT molecular complexity index is 1110. The van der Waals surface area contributed by atoms with Gasteiger partial charge in [-0.25, -0.2) is 0 Å². The number of anilines is 1. The minimum atomic E-state index is -1.06. The molecule has 1 aromatic heterocycles. The summed E-state index contributed by atoms with van der Waals surface area (Å²) in [6.45, 7) is 5.57. The van der Waals surface area contributed by atoms with Crippen molar-refractivity contribution in [2.45, 2.75) is 76.1 Å². The van der Waals surface area contributed by atoms with E-state index in [0.717, 1.165) is 16.8 Å². The minimum absolute atomic E-state index is 0.117. The number of aliphatic hydroxyl groups is 1. The lowest BCUT2D eigenvalue weighted by Gasteiger charge is -2.35. The normalized spacial score (nSPS) is 20.9. The van der Waals surface area contributed by atoms with Gasteiger partial charge in [0.1, 0.15) is 18.0 Å². The van der Waals surface area contributed by atoms with Crippen LogP contribution in [0.2, 0.25) is 0 Å². The lowest BCUT2D eigenvalue weighted by atomic mass is 10.0. The van der Waals surface area contributed by atoms with Crippen LogP contribution in [-0.2, 0) is 33.8 Å². The molecule has 0 saturated carbocycles. The van der Waals surface area contributed by atoms with Crippen molar-refractivity contribution in [2.75, 3.05) is 10.8 Å². The summed E-state index contributed by atoms with van der Waals surface area (Å²) in [5.41, 5.74) is 3.56. The van der Waals surface area contributed by atoms with E-state index < -0.39 is 23.1 Å². The summed E-state index contributed by atoms with van der Waals surface area (Å²) in [6, 6.07) is 4.82. The fourth-order valence-electron chi connectivity index (χ4n) is 4.78. The predicted octanol–water partition coefficient (Wildman–Crippen LogP) is 0.597. The lowest BCUT2D eigenvalue weighted by molar-refractivity contribution is -0.123. The molecule has 3 unspecified atom stereocenters. The topological polar surface area (TPSA) is 152 Å². The number of hydrogen-bond acceptors (Lipinski definition) is 8. The van der Waals surface area contributed by atoms with Crippen LogP contribution in [0.25, 0.3) is 0 Å². The van der Waals surface area contributed by atoms with Gasteiger partial charge in [0.2, 0.25) is 17.7 Å². The molecule has 11 nitrogen and oxygen atoms in total. The molecule has 3 amide bonds. The number of hydrogen-bond donors (Lipinski definition) is 5. The maximum absolute atomic E-state index is 13.2. The molecule has 0 aliphatic carbocycles. The van der Waals surface area contributed by atoms with Crippen LogP contribution in [0.1, 0.15) is 50.4 Å². The van der Waals surface area contributed by atoms with E-state index in [-0.39, 0.29) is 30.7 Å². The number of benzene rings is 1. The Labute approximate surface area is 214 Å². The summed E-state index contributed by atoms with van der Waals surface area (Å²) in [4.78, 5) is 39.1. The number of aromatic nitrogens is 3. The maximum Gasteiger partial charge on any atom is 0.243 e. The maximum atomic E-state index is 13.2. The molecule has 2 aliphatic rings. The molecular weight excluding hydrogens is 482 g/mol. The molecule has 36 heavy (non-hydrogen) atoms. The van der Waals surface area contributed by atoms with Gasteiger partial charge in [0.25, 0.3) is 0 Å². The molecular formula is C24H33N7O4S. The van der Waals surface area contributed by atoms with Gasteiger partial charge in [0, 0.05) is 30.2 Å². The van der Waals surface area contributed by atoms with Crippen LogP contribution < -0.4 is 20.9 Å². The summed E-state index contributed by atoms with van der Waals surface area (Å²) in [5, 5.41) is 30.3. The summed E-state index contributed by atoms with van der Waals surface area (Å²) >= 11 is 1.48. The number of thioether (sulfide) groups is 1. The van der Waals surface area contributed by atoms with Crippen molar-refractivity contribution in [1.82, 2.24) is 31.4 Å². The molecule has 2 aliphatic heterocycles. The van der Waals surface area contributed by atoms with Gasteiger partial charge in [0.05, 0.1) is 24.7 Å². The Kier molecular flexibility index (Phi) is 7.84. The second-order valence-electron chi connectivity index (χ2n) is 9.82. The van der Waals surface area contributed by atoms with Gasteiger partial charge in [0.15, 0.2) is 0 Å². The molecule has 2 aromatic rings. The van der Waals surface area contributed by atoms with Crippen molar-refractivity contribution >= 4 is 35.2 Å². The Morgan fingerprint density at radius 3 is 2.75 bits per heavy atom. The van der Waals surface area contributed by atoms with Gasteiger partial charge >= 0.3 is 0 Å². The van der Waals surface area contributed by atoms with Crippen molar-refractivity contribution in [3.63, 3.8) is 0 Å². The number of nitrogens with one attached hydrogen (secondary N) is 4. The number of carbonyl (C=O) groups is 3. The number of nitrogens with zero attached hydrogens (tertiary/aromatic N) is 3. The van der Waals surface area contributed by atoms with Gasteiger partial charge in [-0.1, -0.05) is 32.0 Å². The van der Waals surface area contributed by atoms with Crippen LogP contribution in [-0.4, -0.2) is 67.2 Å². The quantitative estimate of drug-likeness (QED) is 0.305. The van der Waals surface area contributed by atoms with Crippen molar-refractivity contribution in [3.05, 3.63) is 41.2 Å². The number of aromatic amines is 1. The van der Waals surface area contributed by atoms with E-state index in [1.807, 2.05) is 32.0 Å². The number of amides is 3. The first-order chi connectivity index (χ1) is 17.1. The first-order valence-corrected chi connectivity index (χ1v) is 13.0. The number of aryl methyl sites for hydroxylation is 1. The van der Waals surface area contributed by atoms with Crippen LogP contribution in [0.5, 0.6) is 0 Å². The molecule has 4 rings (SSSR count). The van der Waals surface area contributed by atoms with Gasteiger partial charge in [-0.3, -0.25) is 14.4 Å². The molecule has 5 N–H and O–H groups in total. The third-order valence-electron chi connectivity index (χ3n) is 6.51. The first-order valence-electron chi connectivity index (χ1n) is 12.0. The van der Waals surface area contributed by atoms with E-state index in [4.69, 9.17) is 0 Å². The number of H-pyrrole nitrogens is 1. The Balaban J connectivity index is 1.45. The summed E-state index contributed by atoms with van der Waals surface area (Å²) in [5.74, 6) is -0.106. The van der Waals surface area contributed by atoms with E-state index in [9.17, 15) is 19.5 Å². The van der Waals surface area contributed by atoms with Crippen molar-refractivity contribution < 1.29 is 19.5 Å². The van der Waals surface area contributed by atoms with E-state index in [0.29, 0.717) is 30.8 Å². The van der Waals surface area contributed by atoms with Crippen LogP contribution in [0.15, 0.2) is 24.4 Å². The van der Waals surface area contributed by atoms with Crippen LogP contribution >= 0.6 is 11.8 Å². The third kappa shape index (κ3) is 5.98. The number of carbonyl (C=O) groups excluding carboxylic acids is 3. The molecule has 194 valence electrons. The number of rotatable bonds is 9. The highest BCUT2D eigenvalue weighted by Crippen LogP contribution is 2.40. The highest BCUT2D eigenvalue weighted by molar-refractivity contribution is 8.00. The van der Waals surface area contributed by atoms with E-state index in [2.05, 4.69) is 31.4 Å². The Morgan fingerprint density at radius 1 is 1.25 bits per heavy atom. The summed E-state index contributed by atoms with van der Waals surface area (Å²) in [7, 11) is 0. The lowest BCUT2D eigenvalue weighted by Crippen LogP contribution is -2.57. The molecule has 1 aromatic carbocycles. The molecule has 3 heterocycles. The fourth-order valence-corrected chi connectivity index (χ4v) is 5.68. The molecule has 12 heteroatoms. The second kappa shape index (κ2) is 10.9. The highest BCUT2D eigenvalue weighted by Gasteiger charge is 2.44. The first kappa shape index (κ1) is 26.0. The van der Waals surface area contributed by atoms with E-state index >= 15 is 0 Å². The largest absolute Gasteiger partial charge is 0.371 e. The molecule has 3 atom stereocenters. The molecule has 0 radical (unpaired) electrons. The standard InChI is InChI=1S/C24H33N7O4S/c1-14(32)26-13-36-24(2,3)10-20(33)28-18-8-7-15-5-4-6-16-9-19(31(21(15)16)23(18)35)22(34)25-11-17-12-27-30-29-17/h4-6,12,18-19,23,35H,7-11,13H2,1-3H3,(H,25,34)(H,26,32)(H,28,33)(H,27,29,30). The Morgan fingerprint density at radius 2 is 2.03 bits per heavy atom. The predicted molar refractivity (Wildman–Crippen MR) is 136 cm³/mol. The summed E-state index contributed by atoms with van der Waals surface area (Å²) in [6.07, 6.45) is 2.40. The second-order valence-corrected chi connectivity index (χ2v) is 11.5. The highest BCUT2D eigenvalue weighted by atomic mass is 32.2. The van der Waals surface area contributed by atoms with Gasteiger partial charge in [-0.05, 0) is 24.0 Å². The van der Waals surface area contributed by atoms with Crippen molar-refractivity contribution in [1.29, 1.82) is 0 Å². The fraction of sp³-hybridized carbons (Fsp3) is 0.542. The van der Waals surface area contributed by atoms with Crippen LogP contribution in [0.4, 0.5) is 5.69 Å². The van der Waals surface area contributed by atoms with Crippen LogP contribution in [0.3, 0.4) is 0 Å². The third-order valence-corrected chi connectivity index (χ3v) is 7.72. The van der Waals surface area contributed by atoms with Crippen molar-refractivity contribution in [3.8, 4) is 0 Å².